The highest BCUT2D eigenvalue weighted by molar-refractivity contribution is 7.91. The Morgan fingerprint density at radius 2 is 2.29 bits per heavy atom. The minimum atomic E-state index is -2.82. The summed E-state index contributed by atoms with van der Waals surface area (Å²) in [4.78, 5) is 0. The Kier molecular flexibility index (Phi) is 4.45. The molecule has 0 radical (unpaired) electrons. The van der Waals surface area contributed by atoms with Crippen LogP contribution in [0, 0.1) is 0 Å². The van der Waals surface area contributed by atoms with Crippen LogP contribution in [0.25, 0.3) is 0 Å². The standard InChI is InChI=1S/C10H17ClO2S/c1-2-14(12,13)7-6-9-4-3-5-10(11)8-9/h8,10H,2-7H2,1H3. The zero-order chi connectivity index (χ0) is 10.6. The number of allylic oxidation sites excluding steroid dienone is 2. The van der Waals surface area contributed by atoms with Crippen molar-refractivity contribution in [2.45, 2.75) is 38.0 Å². The van der Waals surface area contributed by atoms with Gasteiger partial charge in [-0.05, 0) is 25.7 Å². The van der Waals surface area contributed by atoms with Gasteiger partial charge in [0.1, 0.15) is 9.84 Å². The van der Waals surface area contributed by atoms with Crippen LogP contribution in [0.15, 0.2) is 11.6 Å². The van der Waals surface area contributed by atoms with Gasteiger partial charge in [-0.2, -0.15) is 0 Å². The molecule has 82 valence electrons. The summed E-state index contributed by atoms with van der Waals surface area (Å²) in [7, 11) is -2.82. The molecule has 0 aliphatic heterocycles. The number of hydrogen-bond acceptors (Lipinski definition) is 2. The number of hydrogen-bond donors (Lipinski definition) is 0. The van der Waals surface area contributed by atoms with Crippen molar-refractivity contribution in [3.63, 3.8) is 0 Å². The van der Waals surface area contributed by atoms with Crippen LogP contribution in [0.2, 0.25) is 0 Å². The van der Waals surface area contributed by atoms with Crippen LogP contribution in [0.3, 0.4) is 0 Å². The molecule has 1 unspecified atom stereocenters. The summed E-state index contributed by atoms with van der Waals surface area (Å²) in [5, 5.41) is 0.114. The van der Waals surface area contributed by atoms with Gasteiger partial charge in [-0.15, -0.1) is 11.6 Å². The fraction of sp³-hybridized carbons (Fsp3) is 0.800. The maximum absolute atomic E-state index is 11.3. The van der Waals surface area contributed by atoms with Crippen molar-refractivity contribution >= 4 is 21.4 Å². The lowest BCUT2D eigenvalue weighted by atomic mass is 9.98. The summed E-state index contributed by atoms with van der Waals surface area (Å²) in [5.74, 6) is 0.517. The van der Waals surface area contributed by atoms with E-state index >= 15 is 0 Å². The first-order chi connectivity index (χ1) is 6.53. The topological polar surface area (TPSA) is 34.1 Å². The molecule has 0 amide bonds. The molecule has 14 heavy (non-hydrogen) atoms. The van der Waals surface area contributed by atoms with E-state index in [-0.39, 0.29) is 16.9 Å². The fourth-order valence-electron chi connectivity index (χ4n) is 1.59. The zero-order valence-electron chi connectivity index (χ0n) is 8.50. The summed E-state index contributed by atoms with van der Waals surface area (Å²) in [5.41, 5.74) is 1.22. The maximum Gasteiger partial charge on any atom is 0.150 e. The van der Waals surface area contributed by atoms with Crippen LogP contribution in [-0.2, 0) is 9.84 Å². The van der Waals surface area contributed by atoms with Crippen LogP contribution >= 0.6 is 11.6 Å². The lowest BCUT2D eigenvalue weighted by Crippen LogP contribution is -2.11. The van der Waals surface area contributed by atoms with E-state index in [1.165, 1.54) is 5.57 Å². The summed E-state index contributed by atoms with van der Waals surface area (Å²) >= 11 is 5.97. The van der Waals surface area contributed by atoms with Gasteiger partial charge in [-0.1, -0.05) is 18.6 Å². The highest BCUT2D eigenvalue weighted by atomic mass is 35.5. The maximum atomic E-state index is 11.3. The molecule has 2 nitrogen and oxygen atoms in total. The first-order valence-electron chi connectivity index (χ1n) is 5.07. The Labute approximate surface area is 91.3 Å². The van der Waals surface area contributed by atoms with Crippen LogP contribution in [0.1, 0.15) is 32.6 Å². The molecule has 0 fully saturated rings. The summed E-state index contributed by atoms with van der Waals surface area (Å²) in [6.07, 6.45) is 5.82. The summed E-state index contributed by atoms with van der Waals surface area (Å²) in [6.45, 7) is 1.69. The number of sulfone groups is 1. The normalized spacial score (nSPS) is 23.3. The van der Waals surface area contributed by atoms with E-state index in [0.717, 1.165) is 19.3 Å². The molecular formula is C10H17ClO2S. The lowest BCUT2D eigenvalue weighted by molar-refractivity contribution is 0.594. The molecule has 1 atom stereocenters. The predicted molar refractivity (Wildman–Crippen MR) is 60.5 cm³/mol. The van der Waals surface area contributed by atoms with Gasteiger partial charge >= 0.3 is 0 Å². The third kappa shape index (κ3) is 4.01. The van der Waals surface area contributed by atoms with Gasteiger partial charge in [0.05, 0.1) is 11.1 Å². The minimum absolute atomic E-state index is 0.114. The highest BCUT2D eigenvalue weighted by Gasteiger charge is 2.13. The SMILES string of the molecule is CCS(=O)(=O)CCC1=CC(Cl)CCC1. The van der Waals surface area contributed by atoms with Crippen molar-refractivity contribution in [3.05, 3.63) is 11.6 Å². The second-order valence-electron chi connectivity index (χ2n) is 3.72. The average Bonchev–Trinajstić information content (AvgIpc) is 2.15. The van der Waals surface area contributed by atoms with Gasteiger partial charge in [-0.25, -0.2) is 8.42 Å². The Morgan fingerprint density at radius 3 is 2.86 bits per heavy atom. The fourth-order valence-corrected chi connectivity index (χ4v) is 2.78. The van der Waals surface area contributed by atoms with Crippen molar-refractivity contribution in [3.8, 4) is 0 Å². The molecule has 0 aromatic rings. The van der Waals surface area contributed by atoms with Crippen molar-refractivity contribution in [2.75, 3.05) is 11.5 Å². The summed E-state index contributed by atoms with van der Waals surface area (Å²) < 4.78 is 22.5. The number of halogens is 1. The molecule has 0 aromatic carbocycles. The number of alkyl halides is 1. The van der Waals surface area contributed by atoms with E-state index in [9.17, 15) is 8.42 Å². The van der Waals surface area contributed by atoms with Crippen LogP contribution in [0.4, 0.5) is 0 Å². The quantitative estimate of drug-likeness (QED) is 0.555. The van der Waals surface area contributed by atoms with Crippen LogP contribution in [-0.4, -0.2) is 25.3 Å². The molecular weight excluding hydrogens is 220 g/mol. The molecule has 0 spiro atoms. The second kappa shape index (κ2) is 5.17. The Morgan fingerprint density at radius 1 is 1.57 bits per heavy atom. The second-order valence-corrected chi connectivity index (χ2v) is 6.75. The zero-order valence-corrected chi connectivity index (χ0v) is 10.1. The van der Waals surface area contributed by atoms with E-state index in [4.69, 9.17) is 11.6 Å². The van der Waals surface area contributed by atoms with Crippen LogP contribution in [0.5, 0.6) is 0 Å². The van der Waals surface area contributed by atoms with Gasteiger partial charge in [0.2, 0.25) is 0 Å². The van der Waals surface area contributed by atoms with Gasteiger partial charge in [0, 0.05) is 5.75 Å². The van der Waals surface area contributed by atoms with Gasteiger partial charge in [-0.3, -0.25) is 0 Å². The Bertz CT molecular complexity index is 306. The van der Waals surface area contributed by atoms with Crippen molar-refractivity contribution in [1.82, 2.24) is 0 Å². The molecule has 0 bridgehead atoms. The van der Waals surface area contributed by atoms with E-state index in [1.54, 1.807) is 6.92 Å². The molecule has 1 aliphatic carbocycles. The van der Waals surface area contributed by atoms with E-state index in [0.29, 0.717) is 6.42 Å². The first kappa shape index (κ1) is 12.1. The van der Waals surface area contributed by atoms with Crippen molar-refractivity contribution in [2.24, 2.45) is 0 Å². The Balaban J connectivity index is 2.46. The molecule has 4 heteroatoms. The van der Waals surface area contributed by atoms with Gasteiger partial charge in [0.25, 0.3) is 0 Å². The highest BCUT2D eigenvalue weighted by Crippen LogP contribution is 2.24. The molecule has 0 aromatic heterocycles. The Hall–Kier alpha value is -0.0200. The first-order valence-corrected chi connectivity index (χ1v) is 7.33. The molecule has 0 saturated heterocycles. The van der Waals surface area contributed by atoms with E-state index in [2.05, 4.69) is 0 Å². The van der Waals surface area contributed by atoms with E-state index < -0.39 is 9.84 Å². The molecule has 0 N–H and O–H groups in total. The summed E-state index contributed by atoms with van der Waals surface area (Å²) in [6, 6.07) is 0. The third-order valence-electron chi connectivity index (χ3n) is 2.57. The van der Waals surface area contributed by atoms with E-state index in [1.807, 2.05) is 6.08 Å². The molecule has 0 saturated carbocycles. The smallest absolute Gasteiger partial charge is 0.150 e. The minimum Gasteiger partial charge on any atom is -0.229 e. The predicted octanol–water partition coefficient (Wildman–Crippen LogP) is 2.53. The van der Waals surface area contributed by atoms with Crippen molar-refractivity contribution < 1.29 is 8.42 Å². The largest absolute Gasteiger partial charge is 0.229 e. The van der Waals surface area contributed by atoms with Crippen LogP contribution < -0.4 is 0 Å². The number of rotatable bonds is 4. The third-order valence-corrected chi connectivity index (χ3v) is 4.62. The monoisotopic (exact) mass is 236 g/mol. The molecule has 0 heterocycles. The average molecular weight is 237 g/mol. The van der Waals surface area contributed by atoms with Gasteiger partial charge in [0.15, 0.2) is 0 Å². The molecule has 1 aliphatic rings. The van der Waals surface area contributed by atoms with Crippen molar-refractivity contribution in [1.29, 1.82) is 0 Å². The lowest BCUT2D eigenvalue weighted by Gasteiger charge is -2.16. The molecule has 1 rings (SSSR count). The van der Waals surface area contributed by atoms with Gasteiger partial charge < -0.3 is 0 Å².